The van der Waals surface area contributed by atoms with Gasteiger partial charge in [-0.1, -0.05) is 36.4 Å². The van der Waals surface area contributed by atoms with E-state index in [0.717, 1.165) is 22.7 Å². The highest BCUT2D eigenvalue weighted by Crippen LogP contribution is 2.37. The molecule has 138 valence electrons. The van der Waals surface area contributed by atoms with E-state index in [1.807, 2.05) is 23.9 Å². The van der Waals surface area contributed by atoms with Crippen LogP contribution in [0, 0.1) is 0 Å². The first-order valence-corrected chi connectivity index (χ1v) is 10.1. The molecule has 1 saturated heterocycles. The molecule has 26 heavy (non-hydrogen) atoms. The van der Waals surface area contributed by atoms with Crippen molar-refractivity contribution >= 4 is 24.3 Å². The Morgan fingerprint density at radius 1 is 0.923 bits per heavy atom. The number of rotatable bonds is 6. The lowest BCUT2D eigenvalue weighted by molar-refractivity contribution is 0.00578. The number of ether oxygens (including phenoxy) is 1. The summed E-state index contributed by atoms with van der Waals surface area (Å²) in [5, 5.41) is 0. The maximum absolute atomic E-state index is 6.26. The summed E-state index contributed by atoms with van der Waals surface area (Å²) in [5.41, 5.74) is 2.93. The Kier molecular flexibility index (Phi) is 5.71. The fourth-order valence-corrected chi connectivity index (χ4v) is 3.89. The molecular weight excluding hydrogens is 343 g/mol. The van der Waals surface area contributed by atoms with Crippen LogP contribution < -0.4 is 10.2 Å². The average molecular weight is 370 g/mol. The maximum Gasteiger partial charge on any atom is 0.495 e. The fourth-order valence-electron chi connectivity index (χ4n) is 2.89. The van der Waals surface area contributed by atoms with Gasteiger partial charge in [0.2, 0.25) is 0 Å². The molecule has 0 amide bonds. The zero-order valence-corrected chi connectivity index (χ0v) is 17.1. The highest BCUT2D eigenvalue weighted by molar-refractivity contribution is 7.97. The van der Waals surface area contributed by atoms with Crippen LogP contribution in [0.2, 0.25) is 0 Å². The Labute approximate surface area is 161 Å². The van der Waals surface area contributed by atoms with Gasteiger partial charge >= 0.3 is 7.12 Å². The summed E-state index contributed by atoms with van der Waals surface area (Å²) in [4.78, 5) is 0. The monoisotopic (exact) mass is 370 g/mol. The number of benzene rings is 2. The smallest absolute Gasteiger partial charge is 0.495 e. The predicted octanol–water partition coefficient (Wildman–Crippen LogP) is 4.43. The molecule has 0 bridgehead atoms. The Morgan fingerprint density at radius 3 is 2.19 bits per heavy atom. The van der Waals surface area contributed by atoms with Gasteiger partial charge in [-0.3, -0.25) is 0 Å². The average Bonchev–Trinajstić information content (AvgIpc) is 2.83. The maximum atomic E-state index is 6.26. The van der Waals surface area contributed by atoms with Crippen molar-refractivity contribution in [1.29, 1.82) is 0 Å². The van der Waals surface area contributed by atoms with Crippen LogP contribution in [-0.2, 0) is 20.8 Å². The lowest BCUT2D eigenvalue weighted by Gasteiger charge is -2.32. The molecule has 5 heteroatoms. The molecule has 0 unspecified atom stereocenters. The lowest BCUT2D eigenvalue weighted by atomic mass is 9.76. The second kappa shape index (κ2) is 7.67. The third kappa shape index (κ3) is 4.11. The predicted molar refractivity (Wildman–Crippen MR) is 110 cm³/mol. The third-order valence-corrected chi connectivity index (χ3v) is 6.28. The summed E-state index contributed by atoms with van der Waals surface area (Å²) < 4.78 is 17.9. The standard InChI is InChI=1S/C21H27BO3S/c1-20(2)21(3,4)25-22(24-20)19-12-11-18(23-5)13-17(19)15-26-14-16-9-7-6-8-10-16/h6-13H,14-15H2,1-5H3. The summed E-state index contributed by atoms with van der Waals surface area (Å²) in [6.07, 6.45) is 0. The van der Waals surface area contributed by atoms with E-state index >= 15 is 0 Å². The zero-order valence-electron chi connectivity index (χ0n) is 16.2. The molecular formula is C21H27BO3S. The normalized spacial score (nSPS) is 18.1. The molecule has 0 aromatic heterocycles. The Hall–Kier alpha value is -1.43. The van der Waals surface area contributed by atoms with Gasteiger partial charge < -0.3 is 14.0 Å². The van der Waals surface area contributed by atoms with Crippen molar-refractivity contribution in [1.82, 2.24) is 0 Å². The minimum Gasteiger partial charge on any atom is -0.497 e. The van der Waals surface area contributed by atoms with E-state index < -0.39 is 0 Å². The van der Waals surface area contributed by atoms with Crippen LogP contribution in [0.4, 0.5) is 0 Å². The largest absolute Gasteiger partial charge is 0.497 e. The molecule has 0 radical (unpaired) electrons. The Balaban J connectivity index is 1.78. The van der Waals surface area contributed by atoms with Crippen LogP contribution in [0.15, 0.2) is 48.5 Å². The van der Waals surface area contributed by atoms with E-state index in [2.05, 4.69) is 64.1 Å². The van der Waals surface area contributed by atoms with Crippen molar-refractivity contribution < 1.29 is 14.0 Å². The third-order valence-electron chi connectivity index (χ3n) is 5.23. The second-order valence-corrected chi connectivity index (χ2v) is 8.62. The van der Waals surface area contributed by atoms with E-state index in [-0.39, 0.29) is 18.3 Å². The van der Waals surface area contributed by atoms with Crippen LogP contribution >= 0.6 is 11.8 Å². The van der Waals surface area contributed by atoms with E-state index in [1.165, 1.54) is 11.1 Å². The summed E-state index contributed by atoms with van der Waals surface area (Å²) in [7, 11) is 1.35. The summed E-state index contributed by atoms with van der Waals surface area (Å²) in [6.45, 7) is 8.33. The van der Waals surface area contributed by atoms with Crippen molar-refractivity contribution in [2.45, 2.75) is 50.4 Å². The first kappa shape index (κ1) is 19.3. The zero-order chi connectivity index (χ0) is 18.8. The van der Waals surface area contributed by atoms with Crippen molar-refractivity contribution in [3.05, 3.63) is 59.7 Å². The van der Waals surface area contributed by atoms with Gasteiger partial charge in [0.25, 0.3) is 0 Å². The van der Waals surface area contributed by atoms with Crippen LogP contribution in [0.1, 0.15) is 38.8 Å². The molecule has 3 rings (SSSR count). The van der Waals surface area contributed by atoms with E-state index in [1.54, 1.807) is 7.11 Å². The molecule has 1 aliphatic heterocycles. The molecule has 1 fully saturated rings. The highest BCUT2D eigenvalue weighted by atomic mass is 32.2. The Morgan fingerprint density at radius 2 is 1.58 bits per heavy atom. The first-order chi connectivity index (χ1) is 12.3. The lowest BCUT2D eigenvalue weighted by Crippen LogP contribution is -2.41. The summed E-state index contributed by atoms with van der Waals surface area (Å²) in [5.74, 6) is 2.72. The number of methoxy groups -OCH3 is 1. The minimum atomic E-state index is -0.349. The van der Waals surface area contributed by atoms with Gasteiger partial charge in [0.1, 0.15) is 5.75 Å². The molecule has 1 heterocycles. The molecule has 0 N–H and O–H groups in total. The van der Waals surface area contributed by atoms with Crippen LogP contribution in [0.5, 0.6) is 5.75 Å². The van der Waals surface area contributed by atoms with Gasteiger partial charge in [0, 0.05) is 11.5 Å². The second-order valence-electron chi connectivity index (χ2n) is 7.63. The Bertz CT molecular complexity index is 730. The topological polar surface area (TPSA) is 27.7 Å². The van der Waals surface area contributed by atoms with Gasteiger partial charge in [0.05, 0.1) is 18.3 Å². The van der Waals surface area contributed by atoms with E-state index in [9.17, 15) is 0 Å². The van der Waals surface area contributed by atoms with Crippen LogP contribution in [0.3, 0.4) is 0 Å². The van der Waals surface area contributed by atoms with Crippen molar-refractivity contribution in [2.75, 3.05) is 7.11 Å². The molecule has 0 spiro atoms. The molecule has 2 aromatic rings. The minimum absolute atomic E-state index is 0.341. The van der Waals surface area contributed by atoms with Gasteiger partial charge in [0.15, 0.2) is 0 Å². The SMILES string of the molecule is COc1ccc(B2OC(C)(C)C(C)(C)O2)c(CSCc2ccccc2)c1. The first-order valence-electron chi connectivity index (χ1n) is 8.96. The number of hydrogen-bond donors (Lipinski definition) is 0. The van der Waals surface area contributed by atoms with Gasteiger partial charge in [-0.05, 0) is 56.4 Å². The van der Waals surface area contributed by atoms with Crippen molar-refractivity contribution in [2.24, 2.45) is 0 Å². The molecule has 2 aromatic carbocycles. The van der Waals surface area contributed by atoms with Gasteiger partial charge in [-0.25, -0.2) is 0 Å². The van der Waals surface area contributed by atoms with Crippen molar-refractivity contribution in [3.8, 4) is 5.75 Å². The van der Waals surface area contributed by atoms with Crippen molar-refractivity contribution in [3.63, 3.8) is 0 Å². The van der Waals surface area contributed by atoms with E-state index in [4.69, 9.17) is 14.0 Å². The quantitative estimate of drug-likeness (QED) is 0.704. The highest BCUT2D eigenvalue weighted by Gasteiger charge is 2.52. The number of hydrogen-bond acceptors (Lipinski definition) is 4. The summed E-state index contributed by atoms with van der Waals surface area (Å²) >= 11 is 1.88. The molecule has 0 aliphatic carbocycles. The van der Waals surface area contributed by atoms with Crippen LogP contribution in [-0.4, -0.2) is 25.4 Å². The fraction of sp³-hybridized carbons (Fsp3) is 0.429. The molecule has 1 aliphatic rings. The van der Waals surface area contributed by atoms with Crippen LogP contribution in [0.25, 0.3) is 0 Å². The number of thioether (sulfide) groups is 1. The van der Waals surface area contributed by atoms with E-state index in [0.29, 0.717) is 0 Å². The van der Waals surface area contributed by atoms with Gasteiger partial charge in [-0.15, -0.1) is 0 Å². The molecule has 3 nitrogen and oxygen atoms in total. The molecule has 0 saturated carbocycles. The summed E-state index contributed by atoms with van der Waals surface area (Å²) in [6, 6.07) is 16.7. The molecule has 0 atom stereocenters. The van der Waals surface area contributed by atoms with Gasteiger partial charge in [-0.2, -0.15) is 11.8 Å².